The number of cyclic esters (lactones) is 1. The van der Waals surface area contributed by atoms with Gasteiger partial charge in [0.15, 0.2) is 0 Å². The maximum Gasteiger partial charge on any atom is 0.407 e. The van der Waals surface area contributed by atoms with E-state index in [9.17, 15) is 4.79 Å². The van der Waals surface area contributed by atoms with Gasteiger partial charge in [-0.1, -0.05) is 17.7 Å². The van der Waals surface area contributed by atoms with Gasteiger partial charge in [-0.15, -0.1) is 11.8 Å². The van der Waals surface area contributed by atoms with E-state index < -0.39 is 0 Å². The second-order valence-corrected chi connectivity index (χ2v) is 4.63. The minimum Gasteiger partial charge on any atom is -0.443 e. The lowest BCUT2D eigenvalue weighted by Gasteiger charge is -2.06. The molecule has 0 spiro atoms. The summed E-state index contributed by atoms with van der Waals surface area (Å²) in [6.45, 7) is 2.69. The maximum absolute atomic E-state index is 10.8. The predicted octanol–water partition coefficient (Wildman–Crippen LogP) is 2.20. The van der Waals surface area contributed by atoms with Gasteiger partial charge in [-0.2, -0.15) is 0 Å². The third-order valence-electron chi connectivity index (χ3n) is 2.20. The first-order chi connectivity index (χ1) is 7.24. The Bertz CT molecular complexity index is 350. The molecule has 4 heteroatoms. The highest BCUT2D eigenvalue weighted by Gasteiger charge is 2.22. The fraction of sp³-hybridized carbons (Fsp3) is 0.364. The molecule has 1 aromatic rings. The minimum atomic E-state index is -0.301. The summed E-state index contributed by atoms with van der Waals surface area (Å²) in [5.41, 5.74) is 1.26. The lowest BCUT2D eigenvalue weighted by molar-refractivity contribution is 0.150. The van der Waals surface area contributed by atoms with Crippen molar-refractivity contribution < 1.29 is 9.53 Å². The van der Waals surface area contributed by atoms with Gasteiger partial charge in [-0.05, 0) is 19.1 Å². The Balaban J connectivity index is 1.83. The van der Waals surface area contributed by atoms with Crippen LogP contribution >= 0.6 is 11.8 Å². The fourth-order valence-electron chi connectivity index (χ4n) is 1.35. The molecule has 3 nitrogen and oxygen atoms in total. The number of carbonyl (C=O) groups excluding carboxylic acids is 1. The summed E-state index contributed by atoms with van der Waals surface area (Å²) < 4.78 is 5.04. The predicted molar refractivity (Wildman–Crippen MR) is 60.2 cm³/mol. The highest BCUT2D eigenvalue weighted by atomic mass is 32.2. The second-order valence-electron chi connectivity index (χ2n) is 3.53. The zero-order valence-corrected chi connectivity index (χ0v) is 9.34. The molecular formula is C11H13NO2S. The van der Waals surface area contributed by atoms with Gasteiger partial charge < -0.3 is 10.1 Å². The Labute approximate surface area is 93.2 Å². The van der Waals surface area contributed by atoms with Crippen LogP contribution in [0.5, 0.6) is 0 Å². The topological polar surface area (TPSA) is 38.3 Å². The zero-order valence-electron chi connectivity index (χ0n) is 8.53. The fourth-order valence-corrected chi connectivity index (χ4v) is 2.24. The van der Waals surface area contributed by atoms with Crippen molar-refractivity contribution in [1.29, 1.82) is 0 Å². The number of aryl methyl sites for hydroxylation is 1. The van der Waals surface area contributed by atoms with Crippen LogP contribution in [0.25, 0.3) is 0 Å². The van der Waals surface area contributed by atoms with E-state index in [1.54, 1.807) is 11.8 Å². The van der Waals surface area contributed by atoms with Crippen molar-refractivity contribution in [3.05, 3.63) is 29.8 Å². The summed E-state index contributed by atoms with van der Waals surface area (Å²) in [5.74, 6) is 0.807. The SMILES string of the molecule is Cc1ccc(SCC2CNC(=O)O2)cc1. The van der Waals surface area contributed by atoms with Crippen LogP contribution in [0.15, 0.2) is 29.2 Å². The molecule has 0 bridgehead atoms. The molecule has 1 N–H and O–H groups in total. The molecule has 1 saturated heterocycles. The van der Waals surface area contributed by atoms with Crippen molar-refractivity contribution in [2.75, 3.05) is 12.3 Å². The van der Waals surface area contributed by atoms with Gasteiger partial charge in [-0.25, -0.2) is 4.79 Å². The number of hydrogen-bond acceptors (Lipinski definition) is 3. The van der Waals surface area contributed by atoms with E-state index in [1.807, 2.05) is 0 Å². The summed E-state index contributed by atoms with van der Waals surface area (Å²) in [5, 5.41) is 2.64. The Morgan fingerprint density at radius 2 is 2.20 bits per heavy atom. The molecule has 80 valence electrons. The molecule has 1 aliphatic rings. The Morgan fingerprint density at radius 3 is 2.80 bits per heavy atom. The first kappa shape index (κ1) is 10.4. The molecular weight excluding hydrogens is 210 g/mol. The number of ether oxygens (including phenoxy) is 1. The van der Waals surface area contributed by atoms with E-state index >= 15 is 0 Å². The van der Waals surface area contributed by atoms with Crippen LogP contribution < -0.4 is 5.32 Å². The maximum atomic E-state index is 10.8. The number of rotatable bonds is 3. The second kappa shape index (κ2) is 4.57. The quantitative estimate of drug-likeness (QED) is 0.798. The summed E-state index contributed by atoms with van der Waals surface area (Å²) in [7, 11) is 0. The van der Waals surface area contributed by atoms with E-state index in [0.29, 0.717) is 6.54 Å². The molecule has 1 heterocycles. The van der Waals surface area contributed by atoms with Crippen molar-refractivity contribution >= 4 is 17.9 Å². The Morgan fingerprint density at radius 1 is 1.47 bits per heavy atom. The van der Waals surface area contributed by atoms with Gasteiger partial charge >= 0.3 is 6.09 Å². The summed E-state index contributed by atoms with van der Waals surface area (Å²) in [4.78, 5) is 12.0. The third kappa shape index (κ3) is 2.89. The van der Waals surface area contributed by atoms with Crippen LogP contribution in [0.4, 0.5) is 4.79 Å². The van der Waals surface area contributed by atoms with Crippen LogP contribution in [0.1, 0.15) is 5.56 Å². The molecule has 15 heavy (non-hydrogen) atoms. The van der Waals surface area contributed by atoms with Crippen molar-refractivity contribution in [2.24, 2.45) is 0 Å². The van der Waals surface area contributed by atoms with E-state index in [0.717, 1.165) is 5.75 Å². The van der Waals surface area contributed by atoms with Crippen LogP contribution in [-0.4, -0.2) is 24.5 Å². The Hall–Kier alpha value is -1.16. The van der Waals surface area contributed by atoms with Gasteiger partial charge in [0.05, 0.1) is 6.54 Å². The third-order valence-corrected chi connectivity index (χ3v) is 3.35. The van der Waals surface area contributed by atoms with E-state index in [-0.39, 0.29) is 12.2 Å². The summed E-state index contributed by atoms with van der Waals surface area (Å²) in [6.07, 6.45) is -0.298. The molecule has 1 aliphatic heterocycles. The number of alkyl carbamates (subject to hydrolysis) is 1. The molecule has 1 amide bonds. The summed E-state index contributed by atoms with van der Waals surface area (Å²) >= 11 is 1.71. The molecule has 1 unspecified atom stereocenters. The van der Waals surface area contributed by atoms with Gasteiger partial charge in [0, 0.05) is 10.6 Å². The number of hydrogen-bond donors (Lipinski definition) is 1. The lowest BCUT2D eigenvalue weighted by atomic mass is 10.2. The lowest BCUT2D eigenvalue weighted by Crippen LogP contribution is -2.16. The highest BCUT2D eigenvalue weighted by molar-refractivity contribution is 7.99. The van der Waals surface area contributed by atoms with Crippen LogP contribution in [0.2, 0.25) is 0 Å². The first-order valence-electron chi connectivity index (χ1n) is 4.88. The average molecular weight is 223 g/mol. The molecule has 2 rings (SSSR count). The van der Waals surface area contributed by atoms with Crippen molar-refractivity contribution in [3.8, 4) is 0 Å². The van der Waals surface area contributed by atoms with E-state index in [2.05, 4.69) is 36.5 Å². The van der Waals surface area contributed by atoms with Crippen LogP contribution in [0.3, 0.4) is 0 Å². The van der Waals surface area contributed by atoms with Gasteiger partial charge in [0.1, 0.15) is 6.10 Å². The van der Waals surface area contributed by atoms with E-state index in [1.165, 1.54) is 10.5 Å². The first-order valence-corrected chi connectivity index (χ1v) is 5.86. The molecule has 1 aromatic carbocycles. The minimum absolute atomic E-state index is 0.00352. The Kier molecular flexibility index (Phi) is 3.16. The largest absolute Gasteiger partial charge is 0.443 e. The molecule has 0 radical (unpaired) electrons. The highest BCUT2D eigenvalue weighted by Crippen LogP contribution is 2.20. The normalized spacial score (nSPS) is 19.8. The standard InChI is InChI=1S/C11H13NO2S/c1-8-2-4-10(5-3-8)15-7-9-6-12-11(13)14-9/h2-5,9H,6-7H2,1H3,(H,12,13). The monoisotopic (exact) mass is 223 g/mol. The van der Waals surface area contributed by atoms with Gasteiger partial charge in [0.25, 0.3) is 0 Å². The number of nitrogens with one attached hydrogen (secondary N) is 1. The average Bonchev–Trinajstić information content (AvgIpc) is 2.64. The van der Waals surface area contributed by atoms with Crippen molar-refractivity contribution in [1.82, 2.24) is 5.32 Å². The molecule has 1 fully saturated rings. The van der Waals surface area contributed by atoms with Crippen LogP contribution in [0, 0.1) is 6.92 Å². The number of benzene rings is 1. The van der Waals surface area contributed by atoms with Crippen molar-refractivity contribution in [3.63, 3.8) is 0 Å². The smallest absolute Gasteiger partial charge is 0.407 e. The van der Waals surface area contributed by atoms with Gasteiger partial charge in [0.2, 0.25) is 0 Å². The molecule has 0 aromatic heterocycles. The molecule has 0 aliphatic carbocycles. The molecule has 1 atom stereocenters. The van der Waals surface area contributed by atoms with Crippen molar-refractivity contribution in [2.45, 2.75) is 17.9 Å². The molecule has 0 saturated carbocycles. The zero-order chi connectivity index (χ0) is 10.7. The van der Waals surface area contributed by atoms with Gasteiger partial charge in [-0.3, -0.25) is 0 Å². The number of amides is 1. The van der Waals surface area contributed by atoms with E-state index in [4.69, 9.17) is 4.74 Å². The van der Waals surface area contributed by atoms with Crippen LogP contribution in [-0.2, 0) is 4.74 Å². The number of thioether (sulfide) groups is 1. The number of carbonyl (C=O) groups is 1. The summed E-state index contributed by atoms with van der Waals surface area (Å²) in [6, 6.07) is 8.34.